The molecular formula is C13H18N6O2S2. The van der Waals surface area contributed by atoms with Crippen LogP contribution in [0.25, 0.3) is 0 Å². The van der Waals surface area contributed by atoms with Gasteiger partial charge < -0.3 is 10.7 Å². The standard InChI is InChI=1S/C13H18N6O2S2/c1-3-4-5-10-18-19-13(23-10)17-11(21)7(2)22-12-15-8(14)6-9(20)16-12/h6-7H,3-5H2,1-2H3,(H,17,19,21)(H3,14,15,16,20)/t7-/m1/s1. The molecule has 0 saturated heterocycles. The number of nitrogen functional groups attached to an aromatic ring is 1. The van der Waals surface area contributed by atoms with Crippen LogP contribution < -0.4 is 16.6 Å². The lowest BCUT2D eigenvalue weighted by Gasteiger charge is -2.09. The van der Waals surface area contributed by atoms with E-state index in [2.05, 4.69) is 32.4 Å². The minimum atomic E-state index is -0.469. The number of nitrogens with one attached hydrogen (secondary N) is 2. The first-order valence-corrected chi connectivity index (χ1v) is 8.84. The first kappa shape index (κ1) is 17.4. The minimum absolute atomic E-state index is 0.119. The molecule has 0 radical (unpaired) electrons. The molecule has 0 spiro atoms. The lowest BCUT2D eigenvalue weighted by molar-refractivity contribution is -0.115. The number of rotatable bonds is 7. The first-order chi connectivity index (χ1) is 11.0. The van der Waals surface area contributed by atoms with Crippen LogP contribution in [0.1, 0.15) is 31.7 Å². The summed E-state index contributed by atoms with van der Waals surface area (Å²) in [5.41, 5.74) is 5.17. The van der Waals surface area contributed by atoms with Crippen molar-refractivity contribution in [2.24, 2.45) is 0 Å². The van der Waals surface area contributed by atoms with E-state index in [1.807, 2.05) is 0 Å². The fourth-order valence-electron chi connectivity index (χ4n) is 1.67. The molecule has 1 atom stereocenters. The van der Waals surface area contributed by atoms with Crippen LogP contribution in [0.4, 0.5) is 10.9 Å². The highest BCUT2D eigenvalue weighted by molar-refractivity contribution is 8.00. The number of carbonyl (C=O) groups is 1. The summed E-state index contributed by atoms with van der Waals surface area (Å²) in [5, 5.41) is 11.9. The number of aryl methyl sites for hydroxylation is 1. The molecule has 4 N–H and O–H groups in total. The number of aromatic amines is 1. The Balaban J connectivity index is 1.94. The van der Waals surface area contributed by atoms with Crippen molar-refractivity contribution in [3.8, 4) is 0 Å². The summed E-state index contributed by atoms with van der Waals surface area (Å²) < 4.78 is 0. The number of aromatic nitrogens is 4. The molecule has 0 unspecified atom stereocenters. The lowest BCUT2D eigenvalue weighted by Crippen LogP contribution is -2.23. The molecule has 0 fully saturated rings. The molecule has 0 aliphatic heterocycles. The molecule has 1 amide bonds. The number of unbranched alkanes of at least 4 members (excludes halogenated alkanes) is 1. The summed E-state index contributed by atoms with van der Waals surface area (Å²) in [6.07, 6.45) is 2.99. The molecule has 2 heterocycles. The van der Waals surface area contributed by atoms with Crippen LogP contribution in [0.2, 0.25) is 0 Å². The maximum atomic E-state index is 12.2. The van der Waals surface area contributed by atoms with Gasteiger partial charge in [-0.05, 0) is 13.3 Å². The van der Waals surface area contributed by atoms with Crippen LogP contribution in [0.3, 0.4) is 0 Å². The molecule has 0 aliphatic rings. The Kier molecular flexibility index (Phi) is 6.11. The second kappa shape index (κ2) is 8.06. The zero-order valence-corrected chi connectivity index (χ0v) is 14.5. The fourth-order valence-corrected chi connectivity index (χ4v) is 3.27. The Labute approximate surface area is 141 Å². The van der Waals surface area contributed by atoms with E-state index in [1.165, 1.54) is 17.4 Å². The fraction of sp³-hybridized carbons (Fsp3) is 0.462. The molecule has 0 aromatic carbocycles. The van der Waals surface area contributed by atoms with E-state index in [1.54, 1.807) is 6.92 Å². The van der Waals surface area contributed by atoms with Gasteiger partial charge in [0.05, 0.1) is 5.25 Å². The highest BCUT2D eigenvalue weighted by Crippen LogP contribution is 2.22. The van der Waals surface area contributed by atoms with E-state index in [-0.39, 0.29) is 17.3 Å². The normalized spacial score (nSPS) is 12.1. The third-order valence-electron chi connectivity index (χ3n) is 2.84. The number of H-pyrrole nitrogens is 1. The molecule has 10 heteroatoms. The maximum Gasteiger partial charge on any atom is 0.253 e. The van der Waals surface area contributed by atoms with Crippen molar-refractivity contribution in [1.29, 1.82) is 0 Å². The smallest absolute Gasteiger partial charge is 0.253 e. The predicted octanol–water partition coefficient (Wildman–Crippen LogP) is 1.67. The summed E-state index contributed by atoms with van der Waals surface area (Å²) in [6.45, 7) is 3.82. The largest absolute Gasteiger partial charge is 0.383 e. The Morgan fingerprint density at radius 3 is 3.00 bits per heavy atom. The summed E-state index contributed by atoms with van der Waals surface area (Å²) in [6, 6.07) is 1.19. The second-order valence-corrected chi connectivity index (χ2v) is 7.22. The SMILES string of the molecule is CCCCc1nnc(NC(=O)[C@@H](C)Sc2nc(N)cc(=O)[nH]2)s1. The number of thioether (sulfide) groups is 1. The van der Waals surface area contributed by atoms with E-state index in [0.29, 0.717) is 10.3 Å². The molecule has 2 aromatic heterocycles. The van der Waals surface area contributed by atoms with Crippen molar-refractivity contribution < 1.29 is 4.79 Å². The van der Waals surface area contributed by atoms with Crippen molar-refractivity contribution in [2.45, 2.75) is 43.5 Å². The van der Waals surface area contributed by atoms with Crippen LogP contribution in [0.5, 0.6) is 0 Å². The van der Waals surface area contributed by atoms with Crippen molar-refractivity contribution in [3.63, 3.8) is 0 Å². The van der Waals surface area contributed by atoms with Gasteiger partial charge in [-0.1, -0.05) is 36.4 Å². The topological polar surface area (TPSA) is 127 Å². The van der Waals surface area contributed by atoms with Crippen molar-refractivity contribution in [1.82, 2.24) is 20.2 Å². The number of amides is 1. The van der Waals surface area contributed by atoms with E-state index in [9.17, 15) is 9.59 Å². The molecule has 0 bridgehead atoms. The molecule has 0 saturated carbocycles. The zero-order valence-electron chi connectivity index (χ0n) is 12.8. The third kappa shape index (κ3) is 5.32. The van der Waals surface area contributed by atoms with Crippen LogP contribution in [-0.4, -0.2) is 31.3 Å². The number of nitrogens with two attached hydrogens (primary N) is 1. The van der Waals surface area contributed by atoms with E-state index >= 15 is 0 Å². The molecule has 8 nitrogen and oxygen atoms in total. The Morgan fingerprint density at radius 1 is 1.52 bits per heavy atom. The van der Waals surface area contributed by atoms with Gasteiger partial charge in [0, 0.05) is 12.5 Å². The van der Waals surface area contributed by atoms with Crippen LogP contribution in [-0.2, 0) is 11.2 Å². The quantitative estimate of drug-likeness (QED) is 0.510. The van der Waals surface area contributed by atoms with Crippen LogP contribution in [0.15, 0.2) is 16.0 Å². The summed E-state index contributed by atoms with van der Waals surface area (Å²) in [5.74, 6) is -0.119. The number of anilines is 2. The van der Waals surface area contributed by atoms with Gasteiger partial charge >= 0.3 is 0 Å². The summed E-state index contributed by atoms with van der Waals surface area (Å²) >= 11 is 2.49. The summed E-state index contributed by atoms with van der Waals surface area (Å²) in [4.78, 5) is 30.0. The number of nitrogens with zero attached hydrogens (tertiary/aromatic N) is 3. The predicted molar refractivity (Wildman–Crippen MR) is 91.7 cm³/mol. The monoisotopic (exact) mass is 354 g/mol. The van der Waals surface area contributed by atoms with Gasteiger partial charge in [0.25, 0.3) is 5.56 Å². The Bertz CT molecular complexity index is 729. The molecule has 2 aromatic rings. The molecular weight excluding hydrogens is 336 g/mol. The van der Waals surface area contributed by atoms with Gasteiger partial charge in [-0.2, -0.15) is 0 Å². The molecule has 23 heavy (non-hydrogen) atoms. The van der Waals surface area contributed by atoms with E-state index in [0.717, 1.165) is 36.0 Å². The number of hydrogen-bond donors (Lipinski definition) is 3. The highest BCUT2D eigenvalue weighted by atomic mass is 32.2. The number of hydrogen-bond acceptors (Lipinski definition) is 8. The van der Waals surface area contributed by atoms with Crippen molar-refractivity contribution in [3.05, 3.63) is 21.4 Å². The third-order valence-corrected chi connectivity index (χ3v) is 4.72. The average Bonchev–Trinajstić information content (AvgIpc) is 2.91. The minimum Gasteiger partial charge on any atom is -0.383 e. The summed E-state index contributed by atoms with van der Waals surface area (Å²) in [7, 11) is 0. The van der Waals surface area contributed by atoms with Gasteiger partial charge in [-0.25, -0.2) is 4.98 Å². The molecule has 2 rings (SSSR count). The number of carbonyl (C=O) groups excluding carboxylic acids is 1. The lowest BCUT2D eigenvalue weighted by atomic mass is 10.3. The van der Waals surface area contributed by atoms with E-state index in [4.69, 9.17) is 5.73 Å². The molecule has 0 aliphatic carbocycles. The maximum absolute atomic E-state index is 12.2. The Morgan fingerprint density at radius 2 is 2.30 bits per heavy atom. The molecule has 124 valence electrons. The van der Waals surface area contributed by atoms with Crippen LogP contribution in [0, 0.1) is 0 Å². The second-order valence-electron chi connectivity index (χ2n) is 4.83. The highest BCUT2D eigenvalue weighted by Gasteiger charge is 2.18. The Hall–Kier alpha value is -1.94. The van der Waals surface area contributed by atoms with Gasteiger partial charge in [-0.15, -0.1) is 10.2 Å². The van der Waals surface area contributed by atoms with Gasteiger partial charge in [0.15, 0.2) is 5.16 Å². The average molecular weight is 354 g/mol. The van der Waals surface area contributed by atoms with Crippen molar-refractivity contribution >= 4 is 40.0 Å². The van der Waals surface area contributed by atoms with Gasteiger partial charge in [0.1, 0.15) is 10.8 Å². The van der Waals surface area contributed by atoms with Gasteiger partial charge in [-0.3, -0.25) is 14.9 Å². The van der Waals surface area contributed by atoms with E-state index < -0.39 is 5.25 Å². The van der Waals surface area contributed by atoms with Crippen molar-refractivity contribution in [2.75, 3.05) is 11.1 Å². The first-order valence-electron chi connectivity index (χ1n) is 7.14. The van der Waals surface area contributed by atoms with Gasteiger partial charge in [0.2, 0.25) is 11.0 Å². The van der Waals surface area contributed by atoms with Crippen LogP contribution >= 0.6 is 23.1 Å². The zero-order chi connectivity index (χ0) is 16.8.